The van der Waals surface area contributed by atoms with E-state index < -0.39 is 0 Å². The summed E-state index contributed by atoms with van der Waals surface area (Å²) in [4.78, 5) is 0. The lowest BCUT2D eigenvalue weighted by Gasteiger charge is -1.70. The minimum absolute atomic E-state index is 0.292. The molecule has 0 aliphatic heterocycles. The van der Waals surface area contributed by atoms with Crippen molar-refractivity contribution in [1.29, 1.82) is 0 Å². The second-order valence-corrected chi connectivity index (χ2v) is 0.887. The van der Waals surface area contributed by atoms with Crippen molar-refractivity contribution in [3.05, 3.63) is 0 Å². The van der Waals surface area contributed by atoms with Gasteiger partial charge in [0.2, 0.25) is 0 Å². The Morgan fingerprint density at radius 2 is 2.25 bits per heavy atom. The summed E-state index contributed by atoms with van der Waals surface area (Å²) in [7, 11) is 0. The maximum atomic E-state index is 7.67. The Kier molecular flexibility index (Phi) is 3.49. The maximum absolute atomic E-state index is 7.67. The van der Waals surface area contributed by atoms with Crippen LogP contribution in [0.4, 0.5) is 0 Å². The van der Waals surface area contributed by atoms with Crippen molar-refractivity contribution in [2.24, 2.45) is 5.73 Å². The van der Waals surface area contributed by atoms with Gasteiger partial charge in [-0.15, -0.1) is 0 Å². The Hall–Kier alpha value is 0.270. The van der Waals surface area contributed by atoms with Gasteiger partial charge in [0.05, 0.1) is 5.88 Å². The van der Waals surface area contributed by atoms with Crippen molar-refractivity contribution in [1.82, 2.24) is 0 Å². The van der Waals surface area contributed by atoms with E-state index in [2.05, 4.69) is 0 Å². The highest BCUT2D eigenvalue weighted by molar-refractivity contribution is 7.93. The minimum Gasteiger partial charge on any atom is -0.329 e. The van der Waals surface area contributed by atoms with Crippen LogP contribution < -0.4 is 5.73 Å². The molecule has 0 atom stereocenters. The molecule has 0 bridgehead atoms. The first kappa shape index (κ1) is 4.27. The van der Waals surface area contributed by atoms with Gasteiger partial charge in [-0.05, 0) is 0 Å². The largest absolute Gasteiger partial charge is 0.329 e. The van der Waals surface area contributed by atoms with E-state index in [9.17, 15) is 0 Å². The summed E-state index contributed by atoms with van der Waals surface area (Å²) in [6.07, 6.45) is 0. The molecule has 0 rings (SSSR count). The lowest BCUT2D eigenvalue weighted by Crippen LogP contribution is -1.88. The average molecular weight is 79.1 g/mol. The highest BCUT2D eigenvalue weighted by Gasteiger charge is 1.57. The molecule has 0 aromatic heterocycles. The van der Waals surface area contributed by atoms with Crippen LogP contribution >= 0.6 is 12.0 Å². The molecule has 0 aliphatic rings. The van der Waals surface area contributed by atoms with E-state index in [1.165, 1.54) is 0 Å². The lowest BCUT2D eigenvalue weighted by molar-refractivity contribution is 0.664. The molecule has 0 radical (unpaired) electrons. The average Bonchev–Trinajstić information content (AvgIpc) is 1.37. The van der Waals surface area contributed by atoms with Gasteiger partial charge in [0.15, 0.2) is 0 Å². The molecule has 0 amide bonds. The molecule has 0 saturated heterocycles. The zero-order valence-corrected chi connectivity index (χ0v) is 2.96. The summed E-state index contributed by atoms with van der Waals surface area (Å²) in [6.45, 7) is 0. The fraction of sp³-hybridized carbons (Fsp3) is 1.00. The molecule has 0 heterocycles. The quantitative estimate of drug-likeness (QED) is 0.346. The molecule has 0 spiro atoms. The molecular weight excluding hydrogens is 74.1 g/mol. The highest BCUT2D eigenvalue weighted by atomic mass is 32.2. The molecule has 0 aliphatic carbocycles. The zero-order chi connectivity index (χ0) is 3.41. The SMILES string of the molecule is NCSO. The Bertz CT molecular complexity index is 10.0. The van der Waals surface area contributed by atoms with Crippen LogP contribution in [0.25, 0.3) is 0 Å². The second kappa shape index (κ2) is 3.27. The number of hydrogen-bond acceptors (Lipinski definition) is 3. The molecule has 0 aromatic rings. The summed E-state index contributed by atoms with van der Waals surface area (Å²) in [5, 5.41) is 0. The molecule has 0 saturated carbocycles. The van der Waals surface area contributed by atoms with E-state index in [4.69, 9.17) is 10.3 Å². The fourth-order valence-corrected chi connectivity index (χ4v) is 0. The monoisotopic (exact) mass is 79.0 g/mol. The number of hydrogen-bond donors (Lipinski definition) is 2. The van der Waals surface area contributed by atoms with E-state index in [0.29, 0.717) is 17.9 Å². The summed E-state index contributed by atoms with van der Waals surface area (Å²) >= 11 is 0.634. The summed E-state index contributed by atoms with van der Waals surface area (Å²) in [5.74, 6) is 0.292. The van der Waals surface area contributed by atoms with Gasteiger partial charge in [0, 0.05) is 12.0 Å². The number of rotatable bonds is 1. The molecule has 26 valence electrons. The van der Waals surface area contributed by atoms with Crippen molar-refractivity contribution < 1.29 is 4.55 Å². The van der Waals surface area contributed by atoms with Crippen LogP contribution in [0.3, 0.4) is 0 Å². The topological polar surface area (TPSA) is 46.2 Å². The molecule has 3 heteroatoms. The molecule has 2 nitrogen and oxygen atoms in total. The summed E-state index contributed by atoms with van der Waals surface area (Å²) in [6, 6.07) is 0. The molecule has 0 fully saturated rings. The third kappa shape index (κ3) is 2.27. The highest BCUT2D eigenvalue weighted by Crippen LogP contribution is 1.76. The van der Waals surface area contributed by atoms with E-state index in [1.807, 2.05) is 0 Å². The van der Waals surface area contributed by atoms with Gasteiger partial charge in [-0.3, -0.25) is 0 Å². The van der Waals surface area contributed by atoms with Crippen LogP contribution in [0.1, 0.15) is 0 Å². The van der Waals surface area contributed by atoms with E-state index in [1.54, 1.807) is 0 Å². The first-order chi connectivity index (χ1) is 1.91. The lowest BCUT2D eigenvalue weighted by atomic mass is 11.6. The van der Waals surface area contributed by atoms with Gasteiger partial charge in [-0.2, -0.15) is 0 Å². The first-order valence-electron chi connectivity index (χ1n) is 0.879. The van der Waals surface area contributed by atoms with Crippen LogP contribution in [0.5, 0.6) is 0 Å². The van der Waals surface area contributed by atoms with Crippen LogP contribution in [0, 0.1) is 0 Å². The Morgan fingerprint density at radius 1 is 2.00 bits per heavy atom. The predicted molar refractivity (Wildman–Crippen MR) is 19.3 cm³/mol. The van der Waals surface area contributed by atoms with Crippen molar-refractivity contribution >= 4 is 12.0 Å². The number of nitrogens with two attached hydrogens (primary N) is 1. The van der Waals surface area contributed by atoms with Gasteiger partial charge in [-0.25, -0.2) is 0 Å². The van der Waals surface area contributed by atoms with Gasteiger partial charge in [-0.1, -0.05) is 0 Å². The molecule has 3 N–H and O–H groups in total. The van der Waals surface area contributed by atoms with Gasteiger partial charge >= 0.3 is 0 Å². The first-order valence-corrected chi connectivity index (χ1v) is 1.82. The van der Waals surface area contributed by atoms with Crippen LogP contribution in [-0.2, 0) is 0 Å². The van der Waals surface area contributed by atoms with Crippen molar-refractivity contribution in [2.45, 2.75) is 0 Å². The Labute approximate surface area is 29.2 Å². The summed E-state index contributed by atoms with van der Waals surface area (Å²) < 4.78 is 7.67. The van der Waals surface area contributed by atoms with Crippen LogP contribution in [-0.4, -0.2) is 10.4 Å². The van der Waals surface area contributed by atoms with Gasteiger partial charge < -0.3 is 10.3 Å². The van der Waals surface area contributed by atoms with Gasteiger partial charge in [0.1, 0.15) is 0 Å². The van der Waals surface area contributed by atoms with Crippen molar-refractivity contribution in [3.8, 4) is 0 Å². The Morgan fingerprint density at radius 3 is 2.25 bits per heavy atom. The normalized spacial score (nSPS) is 7.50. The Balaban J connectivity index is 1.97. The van der Waals surface area contributed by atoms with Crippen molar-refractivity contribution in [2.75, 3.05) is 5.88 Å². The maximum Gasteiger partial charge on any atom is 0.0658 e. The molecule has 0 aromatic carbocycles. The second-order valence-electron chi connectivity index (χ2n) is 0.296. The van der Waals surface area contributed by atoms with E-state index in [0.717, 1.165) is 0 Å². The van der Waals surface area contributed by atoms with E-state index >= 15 is 0 Å². The zero-order valence-electron chi connectivity index (χ0n) is 2.14. The predicted octanol–water partition coefficient (Wildman–Crippen LogP) is 0.109. The van der Waals surface area contributed by atoms with Crippen LogP contribution in [0.15, 0.2) is 0 Å². The standard InChI is InChI=1S/CH5NOS/c2-1-4-3/h3H,1-2H2. The fourth-order valence-electron chi connectivity index (χ4n) is 0. The van der Waals surface area contributed by atoms with Gasteiger partial charge in [0.25, 0.3) is 0 Å². The van der Waals surface area contributed by atoms with E-state index in [-0.39, 0.29) is 0 Å². The molecule has 0 unspecified atom stereocenters. The smallest absolute Gasteiger partial charge is 0.0658 e. The third-order valence-corrected chi connectivity index (χ3v) is 0.224. The molecule has 4 heavy (non-hydrogen) atoms. The third-order valence-electron chi connectivity index (χ3n) is 0.0745. The minimum atomic E-state index is 0.292. The summed E-state index contributed by atoms with van der Waals surface area (Å²) in [5.41, 5.74) is 4.74. The van der Waals surface area contributed by atoms with Crippen molar-refractivity contribution in [3.63, 3.8) is 0 Å². The van der Waals surface area contributed by atoms with Crippen LogP contribution in [0.2, 0.25) is 0 Å². The molecular formula is CH5NOS.